The molecule has 17 heavy (non-hydrogen) atoms. The van der Waals surface area contributed by atoms with E-state index in [2.05, 4.69) is 0 Å². The van der Waals surface area contributed by atoms with E-state index >= 15 is 0 Å². The number of fused-ring (bicyclic) bond motifs is 1. The summed E-state index contributed by atoms with van der Waals surface area (Å²) in [5.41, 5.74) is 4.13. The largest absolute Gasteiger partial charge is 0.508 e. The highest BCUT2D eigenvalue weighted by molar-refractivity contribution is 5.89. The molecule has 88 valence electrons. The first-order valence-corrected chi connectivity index (χ1v) is 5.34. The molecule has 0 aliphatic heterocycles. The van der Waals surface area contributed by atoms with Crippen LogP contribution in [-0.2, 0) is 5.54 Å². The summed E-state index contributed by atoms with van der Waals surface area (Å²) in [7, 11) is 0. The van der Waals surface area contributed by atoms with E-state index < -0.39 is 17.9 Å². The highest BCUT2D eigenvalue weighted by Gasteiger charge is 2.71. The fourth-order valence-corrected chi connectivity index (χ4v) is 2.31. The Morgan fingerprint density at radius 2 is 1.76 bits per heavy atom. The van der Waals surface area contributed by atoms with Crippen molar-refractivity contribution in [2.75, 3.05) is 0 Å². The van der Waals surface area contributed by atoms with Gasteiger partial charge in [-0.25, -0.2) is 8.78 Å². The van der Waals surface area contributed by atoms with Gasteiger partial charge in [-0.05, 0) is 16.8 Å². The highest BCUT2D eigenvalue weighted by Crippen LogP contribution is 2.60. The van der Waals surface area contributed by atoms with Gasteiger partial charge >= 0.3 is 0 Å². The van der Waals surface area contributed by atoms with Crippen LogP contribution < -0.4 is 5.73 Å². The zero-order valence-electron chi connectivity index (χ0n) is 8.95. The molecule has 1 aliphatic carbocycles. The number of alkyl halides is 2. The summed E-state index contributed by atoms with van der Waals surface area (Å²) in [5, 5.41) is 11.2. The minimum atomic E-state index is -2.94. The van der Waals surface area contributed by atoms with Crippen LogP contribution in [-0.4, -0.2) is 11.0 Å². The van der Waals surface area contributed by atoms with Crippen LogP contribution >= 0.6 is 0 Å². The van der Waals surface area contributed by atoms with Crippen molar-refractivity contribution in [2.45, 2.75) is 17.9 Å². The summed E-state index contributed by atoms with van der Waals surface area (Å²) in [6, 6.07) is 10.2. The van der Waals surface area contributed by atoms with Gasteiger partial charge in [0, 0.05) is 12.0 Å². The first-order chi connectivity index (χ1) is 7.96. The van der Waals surface area contributed by atoms with Crippen LogP contribution in [0.4, 0.5) is 8.78 Å². The van der Waals surface area contributed by atoms with Crippen molar-refractivity contribution in [2.24, 2.45) is 5.73 Å². The van der Waals surface area contributed by atoms with Crippen molar-refractivity contribution in [1.82, 2.24) is 0 Å². The quantitative estimate of drug-likeness (QED) is 0.798. The van der Waals surface area contributed by atoms with Gasteiger partial charge in [0.2, 0.25) is 0 Å². The van der Waals surface area contributed by atoms with Gasteiger partial charge in [-0.3, -0.25) is 0 Å². The van der Waals surface area contributed by atoms with Gasteiger partial charge in [0.05, 0.1) is 0 Å². The molecule has 1 atom stereocenters. The lowest BCUT2D eigenvalue weighted by Gasteiger charge is -2.15. The van der Waals surface area contributed by atoms with Gasteiger partial charge < -0.3 is 10.8 Å². The molecule has 4 heteroatoms. The predicted octanol–water partition coefficient (Wildman–Crippen LogP) is 2.74. The molecule has 0 amide bonds. The average molecular weight is 235 g/mol. The molecule has 2 aromatic carbocycles. The third-order valence-electron chi connectivity index (χ3n) is 3.38. The Balaban J connectivity index is 2.33. The second-order valence-corrected chi connectivity index (χ2v) is 4.53. The Morgan fingerprint density at radius 3 is 2.41 bits per heavy atom. The number of halogens is 2. The zero-order valence-corrected chi connectivity index (χ0v) is 8.95. The predicted molar refractivity (Wildman–Crippen MR) is 61.0 cm³/mol. The van der Waals surface area contributed by atoms with Crippen LogP contribution in [0.3, 0.4) is 0 Å². The number of nitrogens with two attached hydrogens (primary N) is 1. The van der Waals surface area contributed by atoms with Gasteiger partial charge in [-0.1, -0.05) is 30.3 Å². The van der Waals surface area contributed by atoms with Crippen LogP contribution in [0.15, 0.2) is 36.4 Å². The molecule has 1 saturated carbocycles. The molecule has 0 bridgehead atoms. The van der Waals surface area contributed by atoms with Crippen LogP contribution in [0.5, 0.6) is 5.75 Å². The Bertz CT molecular complexity index is 611. The third-order valence-corrected chi connectivity index (χ3v) is 3.38. The van der Waals surface area contributed by atoms with Crippen molar-refractivity contribution in [1.29, 1.82) is 0 Å². The standard InChI is InChI=1S/C13H11F2NO/c14-13(15)7-12(13,16)11-9-4-2-1-3-8(9)5-6-10(11)17/h1-6,17H,7,16H2. The summed E-state index contributed by atoms with van der Waals surface area (Å²) in [5.74, 6) is -3.10. The fraction of sp³-hybridized carbons (Fsp3) is 0.231. The van der Waals surface area contributed by atoms with Crippen molar-refractivity contribution in [3.63, 3.8) is 0 Å². The Morgan fingerprint density at radius 1 is 1.12 bits per heavy atom. The molecule has 1 aliphatic rings. The molecule has 3 N–H and O–H groups in total. The number of hydrogen-bond acceptors (Lipinski definition) is 2. The summed E-state index contributed by atoms with van der Waals surface area (Å²) in [6.45, 7) is 0. The zero-order chi connectivity index (χ0) is 12.3. The summed E-state index contributed by atoms with van der Waals surface area (Å²) in [4.78, 5) is 0. The lowest BCUT2D eigenvalue weighted by molar-refractivity contribution is 0.0888. The molecule has 0 heterocycles. The molecule has 0 spiro atoms. The number of phenols is 1. The van der Waals surface area contributed by atoms with Crippen LogP contribution in [0, 0.1) is 0 Å². The van der Waals surface area contributed by atoms with E-state index in [1.165, 1.54) is 6.07 Å². The number of phenolic OH excluding ortho intramolecular Hbond substituents is 1. The number of benzene rings is 2. The second-order valence-electron chi connectivity index (χ2n) is 4.53. The molecule has 0 aromatic heterocycles. The molecule has 0 radical (unpaired) electrons. The first-order valence-electron chi connectivity index (χ1n) is 5.34. The van der Waals surface area contributed by atoms with Crippen molar-refractivity contribution < 1.29 is 13.9 Å². The van der Waals surface area contributed by atoms with Crippen molar-refractivity contribution >= 4 is 10.8 Å². The number of hydrogen-bond donors (Lipinski definition) is 2. The van der Waals surface area contributed by atoms with Crippen LogP contribution in [0.2, 0.25) is 0 Å². The van der Waals surface area contributed by atoms with Gasteiger partial charge in [-0.2, -0.15) is 0 Å². The Labute approximate surface area is 96.7 Å². The molecule has 0 saturated heterocycles. The maximum absolute atomic E-state index is 13.3. The normalized spacial score (nSPS) is 26.1. The minimum absolute atomic E-state index is 0.153. The summed E-state index contributed by atoms with van der Waals surface area (Å²) in [6.07, 6.45) is -0.415. The maximum Gasteiger partial charge on any atom is 0.272 e. The third kappa shape index (κ3) is 1.27. The smallest absolute Gasteiger partial charge is 0.272 e. The van der Waals surface area contributed by atoms with Crippen molar-refractivity contribution in [3.05, 3.63) is 42.0 Å². The van der Waals surface area contributed by atoms with Crippen LogP contribution in [0.1, 0.15) is 12.0 Å². The van der Waals surface area contributed by atoms with Gasteiger partial charge in [-0.15, -0.1) is 0 Å². The SMILES string of the molecule is NC1(c2c(O)ccc3ccccc23)CC1(F)F. The highest BCUT2D eigenvalue weighted by atomic mass is 19.3. The number of rotatable bonds is 1. The Kier molecular flexibility index (Phi) is 1.82. The average Bonchev–Trinajstić information content (AvgIpc) is 2.78. The van der Waals surface area contributed by atoms with Gasteiger partial charge in [0.1, 0.15) is 11.3 Å². The topological polar surface area (TPSA) is 46.2 Å². The molecule has 2 nitrogen and oxygen atoms in total. The summed E-state index contributed by atoms with van der Waals surface area (Å²) >= 11 is 0. The molecule has 2 aromatic rings. The van der Waals surface area contributed by atoms with E-state index in [4.69, 9.17) is 5.73 Å². The van der Waals surface area contributed by atoms with Crippen molar-refractivity contribution in [3.8, 4) is 5.75 Å². The first kappa shape index (κ1) is 10.5. The van der Waals surface area contributed by atoms with E-state index in [1.807, 2.05) is 12.1 Å². The van der Waals surface area contributed by atoms with Gasteiger partial charge in [0.25, 0.3) is 5.92 Å². The Hall–Kier alpha value is -1.68. The van der Waals surface area contributed by atoms with E-state index in [-0.39, 0.29) is 11.3 Å². The molecule has 1 unspecified atom stereocenters. The van der Waals surface area contributed by atoms with E-state index in [1.54, 1.807) is 18.2 Å². The van der Waals surface area contributed by atoms with E-state index in [0.717, 1.165) is 5.39 Å². The lowest BCUT2D eigenvalue weighted by Crippen LogP contribution is -2.27. The summed E-state index contributed by atoms with van der Waals surface area (Å²) < 4.78 is 26.7. The molecule has 3 rings (SSSR count). The lowest BCUT2D eigenvalue weighted by atomic mass is 9.96. The van der Waals surface area contributed by atoms with E-state index in [9.17, 15) is 13.9 Å². The molecular weight excluding hydrogens is 224 g/mol. The monoisotopic (exact) mass is 235 g/mol. The molecular formula is C13H11F2NO. The van der Waals surface area contributed by atoms with E-state index in [0.29, 0.717) is 5.39 Å². The fourth-order valence-electron chi connectivity index (χ4n) is 2.31. The second kappa shape index (κ2) is 2.96. The van der Waals surface area contributed by atoms with Crippen LogP contribution in [0.25, 0.3) is 10.8 Å². The maximum atomic E-state index is 13.3. The minimum Gasteiger partial charge on any atom is -0.508 e. The molecule has 1 fully saturated rings. The number of aromatic hydroxyl groups is 1. The van der Waals surface area contributed by atoms with Gasteiger partial charge in [0.15, 0.2) is 0 Å².